The van der Waals surface area contributed by atoms with Crippen LogP contribution in [0.15, 0.2) is 87.5 Å². The van der Waals surface area contributed by atoms with Gasteiger partial charge in [-0.3, -0.25) is 0 Å². The second-order valence-electron chi connectivity index (χ2n) is 14.0. The number of ether oxygens (including phenoxy) is 6. The molecular weight excluding hydrogens is 701 g/mol. The van der Waals surface area contributed by atoms with E-state index >= 15 is 0 Å². The Morgan fingerprint density at radius 2 is 0.706 bits per heavy atom. The molecule has 0 heterocycles. The van der Waals surface area contributed by atoms with Crippen LogP contribution in [0.2, 0.25) is 0 Å². The van der Waals surface area contributed by atoms with E-state index in [1.807, 2.05) is 72.8 Å². The van der Waals surface area contributed by atoms with E-state index in [0.717, 1.165) is 14.7 Å². The van der Waals surface area contributed by atoms with Crippen molar-refractivity contribution < 1.29 is 55.8 Å². The van der Waals surface area contributed by atoms with Crippen molar-refractivity contribution in [2.24, 2.45) is 0 Å². The molecule has 0 aliphatic rings. The minimum atomic E-state index is -3.92. The summed E-state index contributed by atoms with van der Waals surface area (Å²) in [5, 5.41) is 0. The zero-order valence-corrected chi connectivity index (χ0v) is 32.4. The Bertz CT molecular complexity index is 1490. The Balaban J connectivity index is 0.00000168. The van der Waals surface area contributed by atoms with E-state index in [4.69, 9.17) is 41.4 Å². The fraction of sp³-hybridized carbons (Fsp3) is 0.432. The molecule has 12 nitrogen and oxygen atoms in total. The number of rotatable bonds is 12. The molecule has 3 rings (SSSR count). The SMILES string of the molecule is CC(C)(C)OC(=O)COc1ccc([S+](c2ccc(OCC(=O)OC(C)(C)C)cc2)c2ccc(OCC(=O)OC(C)(C)C)cc2)cc1.CS(=O)(=O)[O-]. The van der Waals surface area contributed by atoms with Crippen molar-refractivity contribution in [2.45, 2.75) is 93.8 Å². The molecule has 0 spiro atoms. The molecule has 0 saturated heterocycles. The fourth-order valence-electron chi connectivity index (χ4n) is 3.96. The summed E-state index contributed by atoms with van der Waals surface area (Å²) >= 11 is 0. The first kappa shape index (κ1) is 42.9. The Morgan fingerprint density at radius 1 is 0.510 bits per heavy atom. The Kier molecular flexibility index (Phi) is 15.4. The summed E-state index contributed by atoms with van der Waals surface area (Å²) in [4.78, 5) is 39.3. The molecule has 3 aromatic rings. The zero-order chi connectivity index (χ0) is 38.6. The van der Waals surface area contributed by atoms with Gasteiger partial charge in [-0.1, -0.05) is 0 Å². The molecule has 0 saturated carbocycles. The van der Waals surface area contributed by atoms with Crippen molar-refractivity contribution >= 4 is 38.9 Å². The quantitative estimate of drug-likeness (QED) is 0.0906. The van der Waals surface area contributed by atoms with Crippen LogP contribution < -0.4 is 14.2 Å². The van der Waals surface area contributed by atoms with E-state index in [1.54, 1.807) is 62.3 Å². The van der Waals surface area contributed by atoms with Gasteiger partial charge in [0.25, 0.3) is 0 Å². The molecule has 0 bridgehead atoms. The lowest BCUT2D eigenvalue weighted by Gasteiger charge is -2.19. The summed E-state index contributed by atoms with van der Waals surface area (Å²) in [7, 11) is -4.48. The Morgan fingerprint density at radius 3 is 0.882 bits per heavy atom. The average Bonchev–Trinajstić information content (AvgIpc) is 2.97. The predicted molar refractivity (Wildman–Crippen MR) is 191 cm³/mol. The highest BCUT2D eigenvalue weighted by Gasteiger charge is 2.29. The smallest absolute Gasteiger partial charge is 0.344 e. The van der Waals surface area contributed by atoms with Gasteiger partial charge in [0.05, 0.1) is 21.0 Å². The Labute approximate surface area is 303 Å². The van der Waals surface area contributed by atoms with Crippen LogP contribution in [0.3, 0.4) is 0 Å². The summed E-state index contributed by atoms with van der Waals surface area (Å²) in [5.41, 5.74) is -1.78. The van der Waals surface area contributed by atoms with Gasteiger partial charge in [0, 0.05) is 6.26 Å². The minimum absolute atomic E-state index is 0.197. The van der Waals surface area contributed by atoms with E-state index in [9.17, 15) is 14.4 Å². The molecule has 0 fully saturated rings. The first-order chi connectivity index (χ1) is 23.4. The van der Waals surface area contributed by atoms with Gasteiger partial charge in [0.1, 0.15) is 34.1 Å². The van der Waals surface area contributed by atoms with Gasteiger partial charge in [-0.25, -0.2) is 22.8 Å². The van der Waals surface area contributed by atoms with Crippen LogP contribution in [0.25, 0.3) is 0 Å². The maximum atomic E-state index is 12.1. The number of esters is 3. The second-order valence-corrected chi connectivity index (χ2v) is 17.5. The van der Waals surface area contributed by atoms with Crippen LogP contribution in [0, 0.1) is 0 Å². The van der Waals surface area contributed by atoms with Gasteiger partial charge >= 0.3 is 17.9 Å². The monoisotopic (exact) mass is 748 g/mol. The second kappa shape index (κ2) is 18.3. The molecule has 0 unspecified atom stereocenters. The minimum Gasteiger partial charge on any atom is -0.748 e. The van der Waals surface area contributed by atoms with Crippen molar-refractivity contribution in [1.82, 2.24) is 0 Å². The van der Waals surface area contributed by atoms with E-state index < -0.39 is 55.7 Å². The summed E-state index contributed by atoms with van der Waals surface area (Å²) in [6.07, 6.45) is 0.604. The highest BCUT2D eigenvalue weighted by molar-refractivity contribution is 7.97. The van der Waals surface area contributed by atoms with Crippen molar-refractivity contribution in [3.8, 4) is 17.2 Å². The lowest BCUT2D eigenvalue weighted by molar-refractivity contribution is -0.158. The number of carbonyl (C=O) groups excluding carboxylic acids is 3. The Hall–Kier alpha value is -4.27. The van der Waals surface area contributed by atoms with E-state index in [2.05, 4.69) is 0 Å². The van der Waals surface area contributed by atoms with Gasteiger partial charge in [0.2, 0.25) is 0 Å². The maximum absolute atomic E-state index is 12.1. The van der Waals surface area contributed by atoms with E-state index in [0.29, 0.717) is 23.5 Å². The van der Waals surface area contributed by atoms with E-state index in [1.165, 1.54) is 0 Å². The normalized spacial score (nSPS) is 11.8. The molecule has 0 amide bonds. The van der Waals surface area contributed by atoms with Crippen molar-refractivity contribution in [1.29, 1.82) is 0 Å². The molecule has 0 N–H and O–H groups in total. The van der Waals surface area contributed by atoms with E-state index in [-0.39, 0.29) is 19.8 Å². The lowest BCUT2D eigenvalue weighted by atomic mass is 10.2. The molecule has 14 heteroatoms. The average molecular weight is 749 g/mol. The molecule has 51 heavy (non-hydrogen) atoms. The molecule has 3 aromatic carbocycles. The van der Waals surface area contributed by atoms with Gasteiger partial charge in [-0.05, 0) is 135 Å². The highest BCUT2D eigenvalue weighted by Crippen LogP contribution is 2.34. The maximum Gasteiger partial charge on any atom is 0.344 e. The third-order valence-electron chi connectivity index (χ3n) is 5.51. The number of hydrogen-bond donors (Lipinski definition) is 0. The number of carbonyl (C=O) groups is 3. The van der Waals surface area contributed by atoms with Crippen LogP contribution in [-0.4, -0.2) is 73.8 Å². The number of hydrogen-bond acceptors (Lipinski definition) is 12. The van der Waals surface area contributed by atoms with Crippen molar-refractivity contribution in [3.05, 3.63) is 72.8 Å². The summed E-state index contributed by atoms with van der Waals surface area (Å²) in [6, 6.07) is 22.6. The molecule has 0 aliphatic heterocycles. The summed E-state index contributed by atoms with van der Waals surface area (Å²) in [5.74, 6) is 0.276. The van der Waals surface area contributed by atoms with Crippen molar-refractivity contribution in [2.75, 3.05) is 26.1 Å². The molecule has 0 atom stereocenters. The third kappa shape index (κ3) is 19.1. The van der Waals surface area contributed by atoms with Gasteiger partial charge < -0.3 is 33.0 Å². The topological polar surface area (TPSA) is 164 Å². The summed E-state index contributed by atoms with van der Waals surface area (Å²) < 4.78 is 60.2. The molecule has 0 radical (unpaired) electrons. The first-order valence-corrected chi connectivity index (χ1v) is 18.9. The van der Waals surface area contributed by atoms with Crippen LogP contribution >= 0.6 is 0 Å². The standard InChI is InChI=1S/C36H45O9S.CH4O3S/c1-34(2,3)43-31(37)22-40-25-10-16-28(17-11-25)46(29-18-12-26(13-19-29)41-23-32(38)44-35(4,5)6)30-20-14-27(15-21-30)42-24-33(39)45-36(7,8)9;1-5(2,3)4/h10-21H,22-24H2,1-9H3;1H3,(H,2,3,4)/q+1;/p-1. The van der Waals surface area contributed by atoms with Crippen molar-refractivity contribution in [3.63, 3.8) is 0 Å². The van der Waals surface area contributed by atoms with Gasteiger partial charge in [-0.2, -0.15) is 0 Å². The molecule has 0 aromatic heterocycles. The van der Waals surface area contributed by atoms with Crippen LogP contribution in [0.4, 0.5) is 0 Å². The van der Waals surface area contributed by atoms with Gasteiger partial charge in [-0.15, -0.1) is 0 Å². The first-order valence-electron chi connectivity index (χ1n) is 15.9. The number of benzene rings is 3. The zero-order valence-electron chi connectivity index (χ0n) is 30.8. The lowest BCUT2D eigenvalue weighted by Crippen LogP contribution is -2.27. The van der Waals surface area contributed by atoms with Gasteiger partial charge in [0.15, 0.2) is 34.5 Å². The van der Waals surface area contributed by atoms with Crippen LogP contribution in [0.1, 0.15) is 62.3 Å². The predicted octanol–water partition coefficient (Wildman–Crippen LogP) is 6.10. The largest absolute Gasteiger partial charge is 0.748 e. The van der Waals surface area contributed by atoms with Crippen LogP contribution in [-0.2, 0) is 49.6 Å². The molecule has 280 valence electrons. The van der Waals surface area contributed by atoms with Crippen LogP contribution in [0.5, 0.6) is 17.2 Å². The third-order valence-corrected chi connectivity index (χ3v) is 7.74. The fourth-order valence-corrected chi connectivity index (χ4v) is 6.01. The molecule has 0 aliphatic carbocycles. The summed E-state index contributed by atoms with van der Waals surface area (Å²) in [6.45, 7) is 15.7. The molecular formula is C37H48O12S2. The highest BCUT2D eigenvalue weighted by atomic mass is 32.2.